The molecule has 2 N–H and O–H groups in total. The minimum Gasteiger partial charge on any atom is -0.496 e. The fraction of sp³-hybridized carbons (Fsp3) is 0.318. The average molecular weight is 465 g/mol. The van der Waals surface area contributed by atoms with E-state index < -0.39 is 0 Å². The topological polar surface area (TPSA) is 83.0 Å². The number of anilines is 1. The molecule has 2 amide bonds. The quantitative estimate of drug-likeness (QED) is 0.409. The number of amides is 2. The Kier molecular flexibility index (Phi) is 9.62. The van der Waals surface area contributed by atoms with Crippen molar-refractivity contribution in [2.24, 2.45) is 5.10 Å². The van der Waals surface area contributed by atoms with Gasteiger partial charge in [-0.05, 0) is 44.2 Å². The first-order chi connectivity index (χ1) is 14.9. The van der Waals surface area contributed by atoms with Gasteiger partial charge in [0.1, 0.15) is 5.75 Å². The minimum atomic E-state index is -0.340. The van der Waals surface area contributed by atoms with E-state index in [2.05, 4.69) is 34.6 Å². The van der Waals surface area contributed by atoms with Crippen LogP contribution in [-0.4, -0.2) is 44.8 Å². The van der Waals surface area contributed by atoms with E-state index in [9.17, 15) is 9.59 Å². The third-order valence-electron chi connectivity index (χ3n) is 4.56. The van der Waals surface area contributed by atoms with Crippen LogP contribution < -0.4 is 20.4 Å². The number of halogens is 2. The Bertz CT molecular complexity index is 946. The number of nitrogens with one attached hydrogen (secondary N) is 2. The summed E-state index contributed by atoms with van der Waals surface area (Å²) in [6, 6.07) is 10.4. The van der Waals surface area contributed by atoms with Crippen LogP contribution in [0.2, 0.25) is 10.0 Å². The minimum absolute atomic E-state index is 0.0719. The lowest BCUT2D eigenvalue weighted by Crippen LogP contribution is -2.29. The molecule has 0 heterocycles. The van der Waals surface area contributed by atoms with Crippen molar-refractivity contribution in [3.05, 3.63) is 57.6 Å². The number of methoxy groups -OCH3 is 1. The molecule has 166 valence electrons. The molecule has 2 aromatic rings. The lowest BCUT2D eigenvalue weighted by atomic mass is 10.2. The molecule has 0 fully saturated rings. The van der Waals surface area contributed by atoms with Crippen LogP contribution in [0.5, 0.6) is 5.75 Å². The summed E-state index contributed by atoms with van der Waals surface area (Å²) >= 11 is 11.7. The maximum Gasteiger partial charge on any atom is 0.251 e. The van der Waals surface area contributed by atoms with Crippen LogP contribution in [0.3, 0.4) is 0 Å². The van der Waals surface area contributed by atoms with Crippen molar-refractivity contribution in [3.8, 4) is 5.75 Å². The predicted molar refractivity (Wildman–Crippen MR) is 126 cm³/mol. The Morgan fingerprint density at radius 3 is 2.48 bits per heavy atom. The highest BCUT2D eigenvalue weighted by Gasteiger charge is 2.09. The van der Waals surface area contributed by atoms with Crippen molar-refractivity contribution in [1.29, 1.82) is 0 Å². The van der Waals surface area contributed by atoms with Gasteiger partial charge in [-0.1, -0.05) is 23.2 Å². The predicted octanol–water partition coefficient (Wildman–Crippen LogP) is 4.12. The molecule has 0 aliphatic rings. The van der Waals surface area contributed by atoms with Crippen LogP contribution in [0.25, 0.3) is 0 Å². The van der Waals surface area contributed by atoms with E-state index in [1.165, 1.54) is 12.3 Å². The number of nitrogens with zero attached hydrogens (tertiary/aromatic N) is 2. The van der Waals surface area contributed by atoms with E-state index in [0.29, 0.717) is 21.4 Å². The number of rotatable bonds is 10. The van der Waals surface area contributed by atoms with E-state index in [0.717, 1.165) is 24.3 Å². The van der Waals surface area contributed by atoms with Gasteiger partial charge in [-0.2, -0.15) is 5.10 Å². The maximum atomic E-state index is 12.1. The molecule has 0 aromatic heterocycles. The monoisotopic (exact) mass is 464 g/mol. The molecular weight excluding hydrogens is 439 g/mol. The highest BCUT2D eigenvalue weighted by molar-refractivity contribution is 6.42. The van der Waals surface area contributed by atoms with Gasteiger partial charge in [0.2, 0.25) is 5.91 Å². The van der Waals surface area contributed by atoms with Crippen LogP contribution in [0.15, 0.2) is 41.5 Å². The molecule has 0 saturated carbocycles. The highest BCUT2D eigenvalue weighted by atomic mass is 35.5. The Labute approximate surface area is 192 Å². The van der Waals surface area contributed by atoms with E-state index in [1.807, 2.05) is 18.2 Å². The zero-order chi connectivity index (χ0) is 22.8. The number of hydrogen-bond acceptors (Lipinski definition) is 5. The summed E-state index contributed by atoms with van der Waals surface area (Å²) in [5, 5.41) is 7.30. The van der Waals surface area contributed by atoms with E-state index >= 15 is 0 Å². The fourth-order valence-corrected chi connectivity index (χ4v) is 3.15. The zero-order valence-electron chi connectivity index (χ0n) is 17.7. The first-order valence-corrected chi connectivity index (χ1v) is 10.6. The molecular formula is C22H26Cl2N4O3. The lowest BCUT2D eigenvalue weighted by Gasteiger charge is -2.21. The second kappa shape index (κ2) is 12.2. The summed E-state index contributed by atoms with van der Waals surface area (Å²) in [6.07, 6.45) is 1.60. The Morgan fingerprint density at radius 1 is 1.10 bits per heavy atom. The molecule has 0 unspecified atom stereocenters. The third kappa shape index (κ3) is 7.15. The van der Waals surface area contributed by atoms with E-state index in [-0.39, 0.29) is 24.8 Å². The second-order valence-corrected chi connectivity index (χ2v) is 7.34. The van der Waals surface area contributed by atoms with Gasteiger partial charge in [0, 0.05) is 48.9 Å². The molecule has 0 bridgehead atoms. The van der Waals surface area contributed by atoms with E-state index in [4.69, 9.17) is 27.9 Å². The van der Waals surface area contributed by atoms with Crippen LogP contribution in [0.1, 0.15) is 36.2 Å². The molecule has 7 nitrogen and oxygen atoms in total. The van der Waals surface area contributed by atoms with Crippen molar-refractivity contribution >= 4 is 46.9 Å². The second-order valence-electron chi connectivity index (χ2n) is 6.53. The van der Waals surface area contributed by atoms with Gasteiger partial charge in [0.15, 0.2) is 0 Å². The number of benzene rings is 2. The average Bonchev–Trinajstić information content (AvgIpc) is 2.77. The number of carbonyl (C=O) groups is 2. The molecule has 0 saturated heterocycles. The molecule has 0 aliphatic heterocycles. The van der Waals surface area contributed by atoms with E-state index in [1.54, 1.807) is 19.2 Å². The molecule has 2 rings (SSSR count). The summed E-state index contributed by atoms with van der Waals surface area (Å²) in [6.45, 7) is 6.12. The lowest BCUT2D eigenvalue weighted by molar-refractivity contribution is -0.120. The number of hydrazone groups is 1. The van der Waals surface area contributed by atoms with Gasteiger partial charge in [0.05, 0.1) is 23.4 Å². The maximum absolute atomic E-state index is 12.1. The molecule has 2 aromatic carbocycles. The van der Waals surface area contributed by atoms with Crippen LogP contribution in [-0.2, 0) is 4.79 Å². The number of ether oxygens (including phenoxy) is 1. The molecule has 0 atom stereocenters. The van der Waals surface area contributed by atoms with Crippen molar-refractivity contribution < 1.29 is 14.3 Å². The largest absolute Gasteiger partial charge is 0.496 e. The Hall–Kier alpha value is -2.77. The van der Waals surface area contributed by atoms with Gasteiger partial charge < -0.3 is 15.0 Å². The molecule has 0 radical (unpaired) electrons. The molecule has 0 spiro atoms. The Morgan fingerprint density at radius 2 is 1.84 bits per heavy atom. The van der Waals surface area contributed by atoms with Crippen molar-refractivity contribution in [1.82, 2.24) is 10.7 Å². The summed E-state index contributed by atoms with van der Waals surface area (Å²) < 4.78 is 5.44. The van der Waals surface area contributed by atoms with Gasteiger partial charge in [-0.25, -0.2) is 5.43 Å². The van der Waals surface area contributed by atoms with Crippen LogP contribution in [0.4, 0.5) is 5.69 Å². The zero-order valence-corrected chi connectivity index (χ0v) is 19.3. The smallest absolute Gasteiger partial charge is 0.251 e. The first kappa shape index (κ1) is 24.5. The first-order valence-electron chi connectivity index (χ1n) is 9.87. The van der Waals surface area contributed by atoms with Gasteiger partial charge in [0.25, 0.3) is 5.91 Å². The SMILES string of the molecule is CCN(CC)c1ccc(C=NNC(=O)CCNC(=O)c2ccc(Cl)c(Cl)c2)c(OC)c1. The summed E-state index contributed by atoms with van der Waals surface area (Å²) in [4.78, 5) is 26.3. The number of hydrogen-bond donors (Lipinski definition) is 2. The standard InChI is InChI=1S/C22H26Cl2N4O3/c1-4-28(5-2)17-8-6-16(20(13-17)31-3)14-26-27-21(29)10-11-25-22(30)15-7-9-18(23)19(24)12-15/h6-9,12-14H,4-5,10-11H2,1-3H3,(H,25,30)(H,27,29). The van der Waals surface area contributed by atoms with Gasteiger partial charge >= 0.3 is 0 Å². The van der Waals surface area contributed by atoms with Gasteiger partial charge in [-0.15, -0.1) is 0 Å². The van der Waals surface area contributed by atoms with Gasteiger partial charge in [-0.3, -0.25) is 9.59 Å². The van der Waals surface area contributed by atoms with Crippen molar-refractivity contribution in [2.75, 3.05) is 31.6 Å². The summed E-state index contributed by atoms with van der Waals surface area (Å²) in [7, 11) is 1.59. The number of carbonyl (C=O) groups excluding carboxylic acids is 2. The highest BCUT2D eigenvalue weighted by Crippen LogP contribution is 2.24. The summed E-state index contributed by atoms with van der Waals surface area (Å²) in [5.41, 5.74) is 4.61. The Balaban J connectivity index is 1.85. The normalized spacial score (nSPS) is 10.7. The van der Waals surface area contributed by atoms with Crippen LogP contribution >= 0.6 is 23.2 Å². The summed E-state index contributed by atoms with van der Waals surface area (Å²) in [5.74, 6) is -0.00593. The van der Waals surface area contributed by atoms with Crippen molar-refractivity contribution in [3.63, 3.8) is 0 Å². The van der Waals surface area contributed by atoms with Crippen LogP contribution in [0, 0.1) is 0 Å². The fourth-order valence-electron chi connectivity index (χ4n) is 2.85. The third-order valence-corrected chi connectivity index (χ3v) is 5.30. The molecule has 9 heteroatoms. The molecule has 0 aliphatic carbocycles. The van der Waals surface area contributed by atoms with Crippen molar-refractivity contribution in [2.45, 2.75) is 20.3 Å². The molecule has 31 heavy (non-hydrogen) atoms.